The summed E-state index contributed by atoms with van der Waals surface area (Å²) >= 11 is 2.77. The lowest BCUT2D eigenvalue weighted by Gasteiger charge is -2.23. The molecule has 1 aromatic heterocycles. The van der Waals surface area contributed by atoms with E-state index in [0.29, 0.717) is 40.0 Å². The van der Waals surface area contributed by atoms with Crippen LogP contribution in [-0.2, 0) is 21.8 Å². The smallest absolute Gasteiger partial charge is 0.301 e. The Bertz CT molecular complexity index is 2020. The van der Waals surface area contributed by atoms with Gasteiger partial charge in [0.05, 0.1) is 18.2 Å². The van der Waals surface area contributed by atoms with Gasteiger partial charge in [-0.3, -0.25) is 14.5 Å². The number of ketones is 1. The van der Waals surface area contributed by atoms with E-state index in [1.54, 1.807) is 12.1 Å². The zero-order chi connectivity index (χ0) is 32.5. The number of aromatic nitrogens is 2. The highest BCUT2D eigenvalue weighted by atomic mass is 32.2. The Morgan fingerprint density at radius 1 is 1.04 bits per heavy atom. The van der Waals surface area contributed by atoms with Crippen molar-refractivity contribution in [3.05, 3.63) is 113 Å². The number of benzene rings is 4. The van der Waals surface area contributed by atoms with Gasteiger partial charge in [0, 0.05) is 17.7 Å². The van der Waals surface area contributed by atoms with Crippen LogP contribution in [0.25, 0.3) is 16.5 Å². The number of unbranched alkanes of at least 4 members (excludes halogenated alkanes) is 1. The Morgan fingerprint density at radius 2 is 1.87 bits per heavy atom. The van der Waals surface area contributed by atoms with Gasteiger partial charge < -0.3 is 14.6 Å². The van der Waals surface area contributed by atoms with Crippen LogP contribution in [0.1, 0.15) is 55.0 Å². The second-order valence-corrected chi connectivity index (χ2v) is 13.9. The number of fused-ring (bicyclic) bond motifs is 2. The molecular weight excluding hydrogens is 631 g/mol. The minimum Gasteiger partial charge on any atom is -0.507 e. The van der Waals surface area contributed by atoms with Crippen LogP contribution in [0.5, 0.6) is 11.5 Å². The van der Waals surface area contributed by atoms with Crippen molar-refractivity contribution >= 4 is 56.5 Å². The third-order valence-electron chi connectivity index (χ3n) is 8.39. The largest absolute Gasteiger partial charge is 0.507 e. The fourth-order valence-corrected chi connectivity index (χ4v) is 7.97. The third-order valence-corrected chi connectivity index (χ3v) is 10.5. The van der Waals surface area contributed by atoms with Crippen LogP contribution >= 0.6 is 23.1 Å². The van der Waals surface area contributed by atoms with Crippen molar-refractivity contribution in [3.63, 3.8) is 0 Å². The van der Waals surface area contributed by atoms with Crippen LogP contribution < -0.4 is 14.4 Å². The van der Waals surface area contributed by atoms with Gasteiger partial charge >= 0.3 is 5.91 Å². The molecule has 1 fully saturated rings. The maximum Gasteiger partial charge on any atom is 0.301 e. The number of anilines is 1. The molecule has 4 aromatic carbocycles. The number of carbonyl (C=O) groups is 2. The van der Waals surface area contributed by atoms with E-state index in [2.05, 4.69) is 41.4 Å². The average Bonchev–Trinajstić information content (AvgIpc) is 3.78. The molecule has 0 spiro atoms. The molecule has 47 heavy (non-hydrogen) atoms. The molecule has 1 amide bonds. The molecule has 0 saturated carbocycles. The number of hydrogen-bond donors (Lipinski definition) is 1. The van der Waals surface area contributed by atoms with Crippen molar-refractivity contribution < 1.29 is 24.2 Å². The Balaban J connectivity index is 1.25. The number of rotatable bonds is 10. The highest BCUT2D eigenvalue weighted by molar-refractivity contribution is 8.00. The summed E-state index contributed by atoms with van der Waals surface area (Å²) in [7, 11) is 0. The van der Waals surface area contributed by atoms with Gasteiger partial charge in [0.15, 0.2) is 4.34 Å². The lowest BCUT2D eigenvalue weighted by Crippen LogP contribution is -2.29. The SMILES string of the molecule is CCCCOc1cccc([C@H]2/C(=C(\O)c3ccc4c(c3)C[C@H](C)O4)C(=O)C(=O)N2c2nnc(SCc3cccc4ccccc34)s2)c1. The summed E-state index contributed by atoms with van der Waals surface area (Å²) in [6, 6.07) is 26.2. The summed E-state index contributed by atoms with van der Waals surface area (Å²) in [5.41, 5.74) is 3.17. The molecule has 2 aliphatic heterocycles. The number of carbonyl (C=O) groups excluding carboxylic acids is 2. The molecule has 2 atom stereocenters. The van der Waals surface area contributed by atoms with Crippen LogP contribution in [-0.4, -0.2) is 39.7 Å². The summed E-state index contributed by atoms with van der Waals surface area (Å²) in [6.07, 6.45) is 2.60. The standard InChI is InChI=1S/C37H33N3O5S2/c1-3-4-17-44-28-13-8-11-24(20-28)32-31(33(41)25-15-16-30-27(19-25)18-22(2)45-30)34(42)35(43)40(32)36-38-39-37(47-36)46-21-26-12-7-10-23-9-5-6-14-29(23)26/h5-16,19-20,22,32,41H,3-4,17-18,21H2,1-2H3/b33-31+/t22-,32-/m0/s1. The van der Waals surface area contributed by atoms with Gasteiger partial charge in [-0.2, -0.15) is 0 Å². The number of aliphatic hydroxyl groups is 1. The first-order chi connectivity index (χ1) is 22.9. The molecule has 1 N–H and O–H groups in total. The van der Waals surface area contributed by atoms with Gasteiger partial charge in [0.1, 0.15) is 23.4 Å². The number of Topliss-reactive ketones (excluding diaryl/α,β-unsaturated/α-hetero) is 1. The zero-order valence-electron chi connectivity index (χ0n) is 26.0. The van der Waals surface area contributed by atoms with E-state index in [0.717, 1.165) is 29.5 Å². The number of thioether (sulfide) groups is 1. The van der Waals surface area contributed by atoms with Gasteiger partial charge in [-0.05, 0) is 71.1 Å². The number of nitrogens with zero attached hydrogens (tertiary/aromatic N) is 3. The average molecular weight is 664 g/mol. The van der Waals surface area contributed by atoms with Crippen LogP contribution in [0.2, 0.25) is 0 Å². The van der Waals surface area contributed by atoms with Crippen LogP contribution in [0.15, 0.2) is 94.8 Å². The summed E-state index contributed by atoms with van der Waals surface area (Å²) in [4.78, 5) is 29.0. The van der Waals surface area contributed by atoms with Crippen LogP contribution in [0.3, 0.4) is 0 Å². The second-order valence-electron chi connectivity index (χ2n) is 11.7. The van der Waals surface area contributed by atoms with E-state index in [-0.39, 0.29) is 22.6 Å². The lowest BCUT2D eigenvalue weighted by molar-refractivity contribution is -0.132. The van der Waals surface area contributed by atoms with Crippen molar-refractivity contribution in [2.75, 3.05) is 11.5 Å². The highest BCUT2D eigenvalue weighted by Gasteiger charge is 2.48. The Labute approximate surface area is 281 Å². The molecule has 0 unspecified atom stereocenters. The molecule has 238 valence electrons. The topological polar surface area (TPSA) is 102 Å². The molecule has 10 heteroatoms. The van der Waals surface area contributed by atoms with Gasteiger partial charge in [0.25, 0.3) is 5.78 Å². The summed E-state index contributed by atoms with van der Waals surface area (Å²) in [5.74, 6) is 0.240. The van der Waals surface area contributed by atoms with Crippen LogP contribution in [0, 0.1) is 0 Å². The van der Waals surface area contributed by atoms with Gasteiger partial charge in [-0.15, -0.1) is 10.2 Å². The maximum absolute atomic E-state index is 13.8. The van der Waals surface area contributed by atoms with Gasteiger partial charge in [-0.1, -0.05) is 91.0 Å². The van der Waals surface area contributed by atoms with Crippen molar-refractivity contribution in [1.29, 1.82) is 0 Å². The van der Waals surface area contributed by atoms with Gasteiger partial charge in [-0.25, -0.2) is 0 Å². The molecule has 0 radical (unpaired) electrons. The summed E-state index contributed by atoms with van der Waals surface area (Å²) in [5, 5.41) is 23.1. The lowest BCUT2D eigenvalue weighted by atomic mass is 9.94. The number of amides is 1. The summed E-state index contributed by atoms with van der Waals surface area (Å²) < 4.78 is 12.5. The Kier molecular flexibility index (Phi) is 8.70. The van der Waals surface area contributed by atoms with E-state index < -0.39 is 17.7 Å². The second kappa shape index (κ2) is 13.2. The third kappa shape index (κ3) is 6.11. The fraction of sp³-hybridized carbons (Fsp3) is 0.243. The highest BCUT2D eigenvalue weighted by Crippen LogP contribution is 2.45. The van der Waals surface area contributed by atoms with E-state index in [4.69, 9.17) is 9.47 Å². The van der Waals surface area contributed by atoms with E-state index in [1.807, 2.05) is 55.5 Å². The fourth-order valence-electron chi connectivity index (χ4n) is 6.09. The predicted molar refractivity (Wildman–Crippen MR) is 185 cm³/mol. The zero-order valence-corrected chi connectivity index (χ0v) is 27.6. The predicted octanol–water partition coefficient (Wildman–Crippen LogP) is 8.11. The van der Waals surface area contributed by atoms with Crippen molar-refractivity contribution in [1.82, 2.24) is 10.2 Å². The van der Waals surface area contributed by atoms with Crippen molar-refractivity contribution in [3.8, 4) is 11.5 Å². The molecule has 0 aliphatic carbocycles. The first kappa shape index (κ1) is 31.0. The van der Waals surface area contributed by atoms with E-state index in [1.165, 1.54) is 38.9 Å². The molecule has 2 aliphatic rings. The molecule has 1 saturated heterocycles. The van der Waals surface area contributed by atoms with Gasteiger partial charge in [0.2, 0.25) is 5.13 Å². The summed E-state index contributed by atoms with van der Waals surface area (Å²) in [6.45, 7) is 4.62. The molecular formula is C37H33N3O5S2. The van der Waals surface area contributed by atoms with Crippen LogP contribution in [0.4, 0.5) is 5.13 Å². The van der Waals surface area contributed by atoms with E-state index in [9.17, 15) is 14.7 Å². The number of aliphatic hydroxyl groups excluding tert-OH is 1. The minimum absolute atomic E-state index is 0.00668. The number of hydrogen-bond acceptors (Lipinski definition) is 9. The quantitative estimate of drug-likeness (QED) is 0.0399. The minimum atomic E-state index is -0.933. The Morgan fingerprint density at radius 3 is 2.74 bits per heavy atom. The molecule has 0 bridgehead atoms. The molecule has 3 heterocycles. The monoisotopic (exact) mass is 663 g/mol. The first-order valence-electron chi connectivity index (χ1n) is 15.7. The number of ether oxygens (including phenoxy) is 2. The van der Waals surface area contributed by atoms with Crippen molar-refractivity contribution in [2.45, 2.75) is 55.3 Å². The normalized spacial score (nSPS) is 18.5. The molecule has 7 rings (SSSR count). The van der Waals surface area contributed by atoms with E-state index >= 15 is 0 Å². The first-order valence-corrected chi connectivity index (χ1v) is 17.5. The van der Waals surface area contributed by atoms with Crippen molar-refractivity contribution in [2.24, 2.45) is 0 Å². The Hall–Kier alpha value is -4.67. The molecule has 8 nitrogen and oxygen atoms in total. The maximum atomic E-state index is 13.8. The molecule has 5 aromatic rings.